The molecule has 306 valence electrons. The number of rotatable bonds is 6. The lowest BCUT2D eigenvalue weighted by Crippen LogP contribution is -2.57. The average molecular weight is 873 g/mol. The van der Waals surface area contributed by atoms with Gasteiger partial charge in [0, 0.05) is 71.5 Å². The summed E-state index contributed by atoms with van der Waals surface area (Å²) in [4.78, 5) is 8.07. The number of benzene rings is 10. The second-order valence-electron chi connectivity index (χ2n) is 17.4. The molecule has 0 unspecified atom stereocenters. The number of nitrogens with zero attached hydrogens (tertiary/aromatic N) is 2. The van der Waals surface area contributed by atoms with E-state index in [1.807, 2.05) is 23.2 Å². The normalized spacial score (nSPS) is 13.5. The molecule has 4 aliphatic rings. The molecule has 4 aliphatic heterocycles. The highest BCUT2D eigenvalue weighted by Gasteiger charge is 2.51. The molecule has 0 saturated carbocycles. The first-order chi connectivity index (χ1) is 32.8. The van der Waals surface area contributed by atoms with E-state index < -0.39 is 0 Å². The van der Waals surface area contributed by atoms with Crippen molar-refractivity contribution in [1.82, 2.24) is 0 Å². The Labute approximate surface area is 394 Å². The van der Waals surface area contributed by atoms with E-state index in [0.717, 1.165) is 0 Å². The highest BCUT2D eigenvalue weighted by atomic mass is 32.2. The number of para-hydroxylation sites is 4. The quantitative estimate of drug-likeness (QED) is 0.154. The minimum atomic E-state index is -0.0453. The van der Waals surface area contributed by atoms with E-state index in [1.54, 1.807) is 0 Å². The molecule has 10 aromatic carbocycles. The van der Waals surface area contributed by atoms with Crippen LogP contribution in [0.5, 0.6) is 0 Å². The summed E-state index contributed by atoms with van der Waals surface area (Å²) in [6.07, 6.45) is -0.0905. The van der Waals surface area contributed by atoms with Crippen LogP contribution in [0.25, 0.3) is 77.9 Å². The van der Waals surface area contributed by atoms with Crippen LogP contribution < -0.4 is 20.5 Å². The van der Waals surface area contributed by atoms with E-state index in [1.165, 1.54) is 121 Å². The molecule has 0 radical (unpaired) electrons. The summed E-state index contributed by atoms with van der Waals surface area (Å²) in [5, 5.41) is 0. The molecule has 0 fully saturated rings. The minimum Gasteiger partial charge on any atom is -0.370 e. The van der Waals surface area contributed by atoms with E-state index in [0.29, 0.717) is 0 Å². The van der Waals surface area contributed by atoms with Crippen molar-refractivity contribution in [3.63, 3.8) is 0 Å². The first kappa shape index (κ1) is 38.0. The molecule has 0 bridgehead atoms. The largest absolute Gasteiger partial charge is 0.370 e. The van der Waals surface area contributed by atoms with Crippen molar-refractivity contribution in [2.24, 2.45) is 0 Å². The van der Waals surface area contributed by atoms with Crippen LogP contribution in [0.4, 0.5) is 22.7 Å². The molecule has 0 saturated heterocycles. The molecular formula is C60H38B2N2S2. The third kappa shape index (κ3) is 5.62. The molecule has 0 spiro atoms. The van der Waals surface area contributed by atoms with Crippen molar-refractivity contribution in [2.45, 2.75) is 9.79 Å². The monoisotopic (exact) mass is 872 g/mol. The summed E-state index contributed by atoms with van der Waals surface area (Å²) >= 11 is 4.02. The second-order valence-corrected chi connectivity index (χ2v) is 19.6. The van der Waals surface area contributed by atoms with Crippen molar-refractivity contribution < 1.29 is 0 Å². The van der Waals surface area contributed by atoms with Crippen LogP contribution in [0.2, 0.25) is 0 Å². The fourth-order valence-electron chi connectivity index (χ4n) is 11.2. The van der Waals surface area contributed by atoms with Gasteiger partial charge >= 0.3 is 12.3 Å². The van der Waals surface area contributed by atoms with Gasteiger partial charge in [0.2, 0.25) is 0 Å². The molecule has 0 aromatic heterocycles. The topological polar surface area (TPSA) is 6.48 Å². The number of fused-ring (bicyclic) bond motifs is 4. The lowest BCUT2D eigenvalue weighted by molar-refractivity contribution is 1.31. The van der Waals surface area contributed by atoms with Crippen LogP contribution in [0.15, 0.2) is 240 Å². The smallest absolute Gasteiger partial charge is 0.368 e. The van der Waals surface area contributed by atoms with Gasteiger partial charge in [0.15, 0.2) is 0 Å². The van der Waals surface area contributed by atoms with E-state index >= 15 is 0 Å². The molecule has 4 heterocycles. The SMILES string of the molecule is c1ccc(-c2cccc(-c3ccccc3)c2N2B3Sc4cccc5c4-c4c3c(cc3c4B(S5)N(c4c(-c5ccccc5)cccc4-c4ccccc4)c4ccccc4-3)-c3ccccc32)cc1. The molecule has 14 rings (SSSR count). The van der Waals surface area contributed by atoms with Gasteiger partial charge in [0.05, 0.1) is 0 Å². The van der Waals surface area contributed by atoms with Crippen molar-refractivity contribution in [2.75, 3.05) is 9.62 Å². The summed E-state index contributed by atoms with van der Waals surface area (Å²) in [7, 11) is 0. The van der Waals surface area contributed by atoms with Crippen LogP contribution in [0.1, 0.15) is 0 Å². The standard InChI is InChI=1S/C60H38B2N2S2/c1-5-20-39(21-6-1)43-30-17-31-44(40-22-7-2-8-23-40)59(43)63-51-34-15-13-28-47(51)49-38-50-48-29-14-16-35-52(48)64(62-58(50)56-55-53(65-61(63)57(49)56)36-19-37-54(55)66-62)60-45(41-24-9-3-10-25-41)32-18-33-46(60)42-26-11-4-12-27-42/h1-38H. The highest BCUT2D eigenvalue weighted by Crippen LogP contribution is 2.59. The molecule has 66 heavy (non-hydrogen) atoms. The molecule has 0 N–H and O–H groups in total. The molecule has 0 atom stereocenters. The molecule has 10 aromatic rings. The van der Waals surface area contributed by atoms with Gasteiger partial charge in [0.25, 0.3) is 0 Å². The number of hydrogen-bond donors (Lipinski definition) is 0. The first-order valence-corrected chi connectivity index (χ1v) is 24.5. The maximum Gasteiger partial charge on any atom is 0.368 e. The zero-order valence-electron chi connectivity index (χ0n) is 35.8. The predicted molar refractivity (Wildman–Crippen MR) is 284 cm³/mol. The van der Waals surface area contributed by atoms with Gasteiger partial charge in [-0.1, -0.05) is 200 Å². The predicted octanol–water partition coefficient (Wildman–Crippen LogP) is 15.3. The number of anilines is 4. The zero-order chi connectivity index (χ0) is 43.3. The molecular weight excluding hydrogens is 834 g/mol. The summed E-state index contributed by atoms with van der Waals surface area (Å²) in [6.45, 7) is 0. The van der Waals surface area contributed by atoms with Gasteiger partial charge in [-0.05, 0) is 80.2 Å². The Morgan fingerprint density at radius 3 is 0.970 bits per heavy atom. The highest BCUT2D eigenvalue weighted by molar-refractivity contribution is 8.28. The third-order valence-electron chi connectivity index (χ3n) is 13.9. The van der Waals surface area contributed by atoms with Gasteiger partial charge in [-0.3, -0.25) is 0 Å². The van der Waals surface area contributed by atoms with Crippen molar-refractivity contribution in [3.8, 4) is 77.9 Å². The zero-order valence-corrected chi connectivity index (χ0v) is 37.4. The van der Waals surface area contributed by atoms with E-state index in [9.17, 15) is 0 Å². The van der Waals surface area contributed by atoms with Gasteiger partial charge in [-0.25, -0.2) is 0 Å². The summed E-state index contributed by atoms with van der Waals surface area (Å²) < 4.78 is 0. The van der Waals surface area contributed by atoms with E-state index in [-0.39, 0.29) is 12.3 Å². The lowest BCUT2D eigenvalue weighted by Gasteiger charge is -2.48. The Morgan fingerprint density at radius 2 is 0.591 bits per heavy atom. The third-order valence-corrected chi connectivity index (χ3v) is 16.4. The maximum absolute atomic E-state index is 2.70. The lowest BCUT2D eigenvalue weighted by atomic mass is 9.57. The molecule has 0 amide bonds. The Kier molecular flexibility index (Phi) is 8.68. The van der Waals surface area contributed by atoms with Crippen molar-refractivity contribution in [1.29, 1.82) is 0 Å². The van der Waals surface area contributed by atoms with Crippen LogP contribution in [-0.4, -0.2) is 12.3 Å². The molecule has 0 aliphatic carbocycles. The van der Waals surface area contributed by atoms with E-state index in [2.05, 4.69) is 240 Å². The van der Waals surface area contributed by atoms with E-state index in [4.69, 9.17) is 0 Å². The van der Waals surface area contributed by atoms with Gasteiger partial charge in [-0.2, -0.15) is 0 Å². The Balaban J connectivity index is 1.09. The second kappa shape index (κ2) is 15.1. The Hall–Kier alpha value is -7.37. The average Bonchev–Trinajstić information content (AvgIpc) is 3.39. The minimum absolute atomic E-state index is 0.0453. The Bertz CT molecular complexity index is 3220. The fourth-order valence-corrected chi connectivity index (χ4v) is 14.1. The van der Waals surface area contributed by atoms with Crippen LogP contribution in [-0.2, 0) is 0 Å². The van der Waals surface area contributed by atoms with Crippen LogP contribution in [0.3, 0.4) is 0 Å². The van der Waals surface area contributed by atoms with Gasteiger partial charge < -0.3 is 9.62 Å². The molecule has 2 nitrogen and oxygen atoms in total. The Morgan fingerprint density at radius 1 is 0.273 bits per heavy atom. The summed E-state index contributed by atoms with van der Waals surface area (Å²) in [5.41, 5.74) is 25.4. The van der Waals surface area contributed by atoms with Crippen molar-refractivity contribution >= 4 is 69.2 Å². The number of hydrogen-bond acceptors (Lipinski definition) is 4. The summed E-state index contributed by atoms with van der Waals surface area (Å²) in [6, 6.07) is 85.6. The van der Waals surface area contributed by atoms with Gasteiger partial charge in [-0.15, -0.1) is 23.2 Å². The van der Waals surface area contributed by atoms with Crippen LogP contribution in [0, 0.1) is 0 Å². The summed E-state index contributed by atoms with van der Waals surface area (Å²) in [5.74, 6) is 0. The maximum atomic E-state index is 2.70. The first-order valence-electron chi connectivity index (χ1n) is 22.7. The van der Waals surface area contributed by atoms with Crippen molar-refractivity contribution in [3.05, 3.63) is 231 Å². The molecule has 6 heteroatoms. The van der Waals surface area contributed by atoms with Gasteiger partial charge in [0.1, 0.15) is 0 Å². The fraction of sp³-hybridized carbons (Fsp3) is 0. The van der Waals surface area contributed by atoms with Crippen LogP contribution >= 0.6 is 23.2 Å².